The molecular formula is C19H28F2N2O5. The molecule has 2 N–H and O–H groups in total. The standard InChI is InChI=1S/C17H22F2N2O5.C2H6/c1-25-10-17(24)2-4-20(5-3-17)15-13(18)6-11(7-14(15)19)21-8-12(9-22)26-16(21)23;1-2/h6-7,12,22,24H,2-5,8-10H2,1H3;1-2H3/t12-;/m1./s1. The highest BCUT2D eigenvalue weighted by molar-refractivity contribution is 5.90. The Morgan fingerprint density at radius 2 is 1.82 bits per heavy atom. The van der Waals surface area contributed by atoms with Crippen LogP contribution in [0.25, 0.3) is 0 Å². The molecular weight excluding hydrogens is 374 g/mol. The van der Waals surface area contributed by atoms with Gasteiger partial charge in [0, 0.05) is 32.3 Å². The fourth-order valence-corrected chi connectivity index (χ4v) is 3.40. The number of benzene rings is 1. The van der Waals surface area contributed by atoms with Gasteiger partial charge in [-0.25, -0.2) is 13.6 Å². The third-order valence-electron chi connectivity index (χ3n) is 4.81. The van der Waals surface area contributed by atoms with Crippen LogP contribution in [0.15, 0.2) is 12.1 Å². The van der Waals surface area contributed by atoms with Gasteiger partial charge in [-0.3, -0.25) is 4.90 Å². The minimum absolute atomic E-state index is 0.0291. The maximum Gasteiger partial charge on any atom is 0.414 e. The average molecular weight is 402 g/mol. The maximum atomic E-state index is 14.6. The van der Waals surface area contributed by atoms with Gasteiger partial charge >= 0.3 is 6.09 Å². The number of anilines is 2. The number of carbonyl (C=O) groups excluding carboxylic acids is 1. The number of nitrogens with zero attached hydrogens (tertiary/aromatic N) is 2. The van der Waals surface area contributed by atoms with Crippen molar-refractivity contribution in [3.05, 3.63) is 23.8 Å². The third kappa shape index (κ3) is 4.71. The lowest BCUT2D eigenvalue weighted by molar-refractivity contribution is -0.0473. The number of aliphatic hydroxyl groups is 2. The molecule has 3 rings (SSSR count). The minimum Gasteiger partial charge on any atom is -0.441 e. The third-order valence-corrected chi connectivity index (χ3v) is 4.81. The number of amides is 1. The van der Waals surface area contributed by atoms with Crippen LogP contribution in [-0.4, -0.2) is 68.0 Å². The van der Waals surface area contributed by atoms with Crippen molar-refractivity contribution in [2.75, 3.05) is 49.8 Å². The van der Waals surface area contributed by atoms with Crippen molar-refractivity contribution in [2.45, 2.75) is 38.4 Å². The van der Waals surface area contributed by atoms with Crippen molar-refractivity contribution < 1.29 is 33.3 Å². The molecule has 0 aliphatic carbocycles. The summed E-state index contributed by atoms with van der Waals surface area (Å²) in [6.07, 6.45) is -0.803. The second-order valence-corrected chi connectivity index (χ2v) is 6.70. The van der Waals surface area contributed by atoms with Crippen molar-refractivity contribution >= 4 is 17.5 Å². The molecule has 0 bridgehead atoms. The van der Waals surface area contributed by atoms with E-state index >= 15 is 0 Å². The van der Waals surface area contributed by atoms with E-state index in [2.05, 4.69) is 0 Å². The molecule has 158 valence electrons. The summed E-state index contributed by atoms with van der Waals surface area (Å²) < 4.78 is 39.1. The summed E-state index contributed by atoms with van der Waals surface area (Å²) in [5.74, 6) is -1.59. The number of cyclic esters (lactones) is 1. The number of hydrogen-bond acceptors (Lipinski definition) is 6. The molecule has 1 aromatic rings. The van der Waals surface area contributed by atoms with Gasteiger partial charge in [-0.1, -0.05) is 13.8 Å². The number of ether oxygens (including phenoxy) is 2. The largest absolute Gasteiger partial charge is 0.441 e. The Bertz CT molecular complexity index is 657. The highest BCUT2D eigenvalue weighted by Crippen LogP contribution is 2.34. The number of carbonyl (C=O) groups is 1. The first kappa shape index (κ1) is 22.3. The molecule has 2 heterocycles. The van der Waals surface area contributed by atoms with Gasteiger partial charge in [0.1, 0.15) is 11.8 Å². The van der Waals surface area contributed by atoms with Crippen molar-refractivity contribution in [3.63, 3.8) is 0 Å². The highest BCUT2D eigenvalue weighted by Gasteiger charge is 2.36. The molecule has 1 atom stereocenters. The van der Waals surface area contributed by atoms with Crippen LogP contribution in [0.4, 0.5) is 25.0 Å². The van der Waals surface area contributed by atoms with Gasteiger partial charge in [-0.15, -0.1) is 0 Å². The van der Waals surface area contributed by atoms with Crippen molar-refractivity contribution in [2.24, 2.45) is 0 Å². The summed E-state index contributed by atoms with van der Waals surface area (Å²) in [5.41, 5.74) is -1.13. The topological polar surface area (TPSA) is 82.5 Å². The molecule has 7 nitrogen and oxygen atoms in total. The highest BCUT2D eigenvalue weighted by atomic mass is 19.1. The number of halogens is 2. The van der Waals surface area contributed by atoms with Gasteiger partial charge in [0.25, 0.3) is 0 Å². The smallest absolute Gasteiger partial charge is 0.414 e. The molecule has 0 aromatic heterocycles. The Hall–Kier alpha value is -1.97. The molecule has 28 heavy (non-hydrogen) atoms. The van der Waals surface area contributed by atoms with Crippen LogP contribution in [0, 0.1) is 11.6 Å². The lowest BCUT2D eigenvalue weighted by Crippen LogP contribution is -2.47. The van der Waals surface area contributed by atoms with E-state index in [9.17, 15) is 18.7 Å². The van der Waals surface area contributed by atoms with Gasteiger partial charge in [-0.05, 0) is 12.8 Å². The van der Waals surface area contributed by atoms with Crippen LogP contribution < -0.4 is 9.80 Å². The zero-order valence-corrected chi connectivity index (χ0v) is 16.5. The maximum absolute atomic E-state index is 14.6. The van der Waals surface area contributed by atoms with E-state index in [-0.39, 0.29) is 44.2 Å². The van der Waals surface area contributed by atoms with Crippen LogP contribution in [0.2, 0.25) is 0 Å². The molecule has 9 heteroatoms. The average Bonchev–Trinajstić information content (AvgIpc) is 3.05. The first-order chi connectivity index (χ1) is 13.4. The summed E-state index contributed by atoms with van der Waals surface area (Å²) in [6, 6.07) is 2.16. The molecule has 0 unspecified atom stereocenters. The SMILES string of the molecule is CC.COCC1(O)CCN(c2c(F)cc(N3C[C@H](CO)OC3=O)cc2F)CC1. The monoisotopic (exact) mass is 402 g/mol. The quantitative estimate of drug-likeness (QED) is 0.787. The Morgan fingerprint density at radius 1 is 1.25 bits per heavy atom. The van der Waals surface area contributed by atoms with E-state index in [4.69, 9.17) is 14.6 Å². The number of aliphatic hydroxyl groups excluding tert-OH is 1. The molecule has 2 aliphatic heterocycles. The predicted molar refractivity (Wildman–Crippen MR) is 101 cm³/mol. The molecule has 0 saturated carbocycles. The van der Waals surface area contributed by atoms with Crippen molar-refractivity contribution in [1.82, 2.24) is 0 Å². The molecule has 2 fully saturated rings. The minimum atomic E-state index is -0.989. The summed E-state index contributed by atoms with van der Waals surface area (Å²) in [7, 11) is 1.49. The van der Waals surface area contributed by atoms with E-state index in [0.29, 0.717) is 12.8 Å². The Balaban J connectivity index is 0.00000136. The summed E-state index contributed by atoms with van der Waals surface area (Å²) >= 11 is 0. The first-order valence-electron chi connectivity index (χ1n) is 9.41. The molecule has 1 amide bonds. The number of methoxy groups -OCH3 is 1. The van der Waals surface area contributed by atoms with E-state index in [1.807, 2.05) is 13.8 Å². The van der Waals surface area contributed by atoms with Gasteiger partial charge in [0.15, 0.2) is 11.6 Å². The molecule has 0 spiro atoms. The lowest BCUT2D eigenvalue weighted by Gasteiger charge is -2.39. The molecule has 2 saturated heterocycles. The van der Waals surface area contributed by atoms with E-state index in [1.165, 1.54) is 12.0 Å². The van der Waals surface area contributed by atoms with Gasteiger partial charge in [0.2, 0.25) is 0 Å². The number of rotatable bonds is 5. The second kappa shape index (κ2) is 9.49. The summed E-state index contributed by atoms with van der Waals surface area (Å²) in [6.45, 7) is 4.41. The number of piperidine rings is 1. The molecule has 0 radical (unpaired) electrons. The summed E-state index contributed by atoms with van der Waals surface area (Å²) in [5, 5.41) is 19.4. The Morgan fingerprint density at radius 3 is 2.29 bits per heavy atom. The fourth-order valence-electron chi connectivity index (χ4n) is 3.40. The predicted octanol–water partition coefficient (Wildman–Crippen LogP) is 2.29. The molecule has 2 aliphatic rings. The van der Waals surface area contributed by atoms with Crippen LogP contribution in [0.1, 0.15) is 26.7 Å². The van der Waals surface area contributed by atoms with Gasteiger partial charge in [0.05, 0.1) is 31.0 Å². The van der Waals surface area contributed by atoms with Crippen molar-refractivity contribution in [3.8, 4) is 0 Å². The van der Waals surface area contributed by atoms with Crippen molar-refractivity contribution in [1.29, 1.82) is 0 Å². The van der Waals surface area contributed by atoms with Crippen LogP contribution in [-0.2, 0) is 9.47 Å². The van der Waals surface area contributed by atoms with E-state index in [1.54, 1.807) is 0 Å². The number of hydrogen-bond donors (Lipinski definition) is 2. The fraction of sp³-hybridized carbons (Fsp3) is 0.632. The van der Waals surface area contributed by atoms with Gasteiger partial charge < -0.3 is 24.6 Å². The zero-order valence-electron chi connectivity index (χ0n) is 16.5. The Labute approximate surface area is 163 Å². The lowest BCUT2D eigenvalue weighted by atomic mass is 9.92. The first-order valence-corrected chi connectivity index (χ1v) is 9.41. The van der Waals surface area contributed by atoms with E-state index < -0.39 is 29.4 Å². The zero-order chi connectivity index (χ0) is 20.9. The normalized spacial score (nSPS) is 21.2. The van der Waals surface area contributed by atoms with E-state index in [0.717, 1.165) is 17.0 Å². The summed E-state index contributed by atoms with van der Waals surface area (Å²) in [4.78, 5) is 14.4. The van der Waals surface area contributed by atoms with Crippen LogP contribution >= 0.6 is 0 Å². The second-order valence-electron chi connectivity index (χ2n) is 6.70. The Kier molecular flexibility index (Phi) is 7.56. The van der Waals surface area contributed by atoms with Crippen LogP contribution in [0.3, 0.4) is 0 Å². The van der Waals surface area contributed by atoms with Gasteiger partial charge in [-0.2, -0.15) is 0 Å². The van der Waals surface area contributed by atoms with Crippen LogP contribution in [0.5, 0.6) is 0 Å². The molecule has 1 aromatic carbocycles.